The number of carbonyl (C=O) groups excluding carboxylic acids is 2. The summed E-state index contributed by atoms with van der Waals surface area (Å²) in [4.78, 5) is 24.0. The minimum Gasteiger partial charge on any atom is -0.452 e. The van der Waals surface area contributed by atoms with Gasteiger partial charge < -0.3 is 14.8 Å². The van der Waals surface area contributed by atoms with Crippen LogP contribution in [-0.4, -0.2) is 24.8 Å². The summed E-state index contributed by atoms with van der Waals surface area (Å²) in [5.74, 6) is -1.55. The van der Waals surface area contributed by atoms with E-state index in [4.69, 9.17) is 4.74 Å². The molecule has 8 heteroatoms. The summed E-state index contributed by atoms with van der Waals surface area (Å²) in [6.07, 6.45) is -3.92. The molecule has 2 rings (SSSR count). The molecule has 2 aromatic carbocycles. The Balaban J connectivity index is 1.92. The molecule has 5 nitrogen and oxygen atoms in total. The zero-order chi connectivity index (χ0) is 20.7. The van der Waals surface area contributed by atoms with Crippen LogP contribution in [0.3, 0.4) is 0 Å². The monoisotopic (exact) mass is 395 g/mol. The van der Waals surface area contributed by atoms with Crippen molar-refractivity contribution in [3.8, 4) is 5.75 Å². The van der Waals surface area contributed by atoms with Gasteiger partial charge >= 0.3 is 12.3 Å². The van der Waals surface area contributed by atoms with E-state index in [-0.39, 0.29) is 11.5 Å². The summed E-state index contributed by atoms with van der Waals surface area (Å²) in [5, 5.41) is 2.71. The van der Waals surface area contributed by atoms with Gasteiger partial charge in [0, 0.05) is 5.69 Å². The molecule has 0 fully saturated rings. The molecule has 0 aromatic heterocycles. The number of anilines is 1. The van der Waals surface area contributed by atoms with Crippen LogP contribution in [0.2, 0.25) is 0 Å². The fourth-order valence-electron chi connectivity index (χ4n) is 2.45. The Morgan fingerprint density at radius 1 is 1.07 bits per heavy atom. The van der Waals surface area contributed by atoms with E-state index in [0.29, 0.717) is 5.69 Å². The fraction of sp³-hybridized carbons (Fsp3) is 0.300. The van der Waals surface area contributed by atoms with Gasteiger partial charge in [-0.25, -0.2) is 4.79 Å². The van der Waals surface area contributed by atoms with Gasteiger partial charge in [-0.1, -0.05) is 32.0 Å². The Kier molecular flexibility index (Phi) is 7.03. The molecular formula is C20H20F3NO4. The quantitative estimate of drug-likeness (QED) is 0.678. The van der Waals surface area contributed by atoms with E-state index >= 15 is 0 Å². The second kappa shape index (κ2) is 9.25. The predicted octanol–water partition coefficient (Wildman–Crippen LogP) is 4.89. The lowest BCUT2D eigenvalue weighted by Gasteiger charge is -2.15. The Morgan fingerprint density at radius 3 is 2.32 bits per heavy atom. The molecule has 1 amide bonds. The summed E-state index contributed by atoms with van der Waals surface area (Å²) in [5.41, 5.74) is 1.62. The largest absolute Gasteiger partial charge is 0.573 e. The highest BCUT2D eigenvalue weighted by molar-refractivity contribution is 5.96. The van der Waals surface area contributed by atoms with Gasteiger partial charge in [0.1, 0.15) is 5.75 Å². The van der Waals surface area contributed by atoms with Crippen molar-refractivity contribution in [1.29, 1.82) is 0 Å². The third-order valence-corrected chi connectivity index (χ3v) is 4.04. The van der Waals surface area contributed by atoms with Crippen LogP contribution in [-0.2, 0) is 9.53 Å². The van der Waals surface area contributed by atoms with E-state index in [9.17, 15) is 22.8 Å². The number of esters is 1. The van der Waals surface area contributed by atoms with Crippen molar-refractivity contribution < 1.29 is 32.2 Å². The van der Waals surface area contributed by atoms with Gasteiger partial charge in [-0.2, -0.15) is 0 Å². The van der Waals surface area contributed by atoms with E-state index < -0.39 is 30.6 Å². The van der Waals surface area contributed by atoms with Crippen molar-refractivity contribution >= 4 is 17.6 Å². The molecule has 28 heavy (non-hydrogen) atoms. The number of amides is 1. The first-order chi connectivity index (χ1) is 13.2. The number of alkyl halides is 3. The molecule has 150 valence electrons. The van der Waals surface area contributed by atoms with Crippen LogP contribution in [0.15, 0.2) is 48.5 Å². The predicted molar refractivity (Wildman–Crippen MR) is 97.2 cm³/mol. The summed E-state index contributed by atoms with van der Waals surface area (Å²) >= 11 is 0. The second-order valence-corrected chi connectivity index (χ2v) is 6.09. The van der Waals surface area contributed by atoms with E-state index in [1.165, 1.54) is 0 Å². The SMILES string of the molecule is CCC(C)c1ccccc1NC(=O)COC(=O)c1ccc(OC(F)(F)F)cc1. The highest BCUT2D eigenvalue weighted by Crippen LogP contribution is 2.26. The molecule has 1 unspecified atom stereocenters. The van der Waals surface area contributed by atoms with Crippen LogP contribution >= 0.6 is 0 Å². The lowest BCUT2D eigenvalue weighted by atomic mass is 9.97. The first-order valence-electron chi connectivity index (χ1n) is 8.61. The first-order valence-corrected chi connectivity index (χ1v) is 8.61. The summed E-state index contributed by atoms with van der Waals surface area (Å²) in [7, 11) is 0. The number of hydrogen-bond acceptors (Lipinski definition) is 4. The van der Waals surface area contributed by atoms with Crippen molar-refractivity contribution in [1.82, 2.24) is 0 Å². The van der Waals surface area contributed by atoms with E-state index in [0.717, 1.165) is 36.2 Å². The zero-order valence-corrected chi connectivity index (χ0v) is 15.4. The number of halogens is 3. The number of rotatable bonds is 7. The van der Waals surface area contributed by atoms with Gasteiger partial charge in [0.15, 0.2) is 6.61 Å². The fourth-order valence-corrected chi connectivity index (χ4v) is 2.45. The number of hydrogen-bond donors (Lipinski definition) is 1. The van der Waals surface area contributed by atoms with E-state index in [1.807, 2.05) is 26.0 Å². The van der Waals surface area contributed by atoms with Gasteiger partial charge in [0.05, 0.1) is 5.56 Å². The normalized spacial score (nSPS) is 12.2. The maximum atomic E-state index is 12.1. The lowest BCUT2D eigenvalue weighted by molar-refractivity contribution is -0.274. The average Bonchev–Trinajstić information content (AvgIpc) is 2.65. The molecule has 0 bridgehead atoms. The molecular weight excluding hydrogens is 375 g/mol. The molecule has 0 aliphatic carbocycles. The third-order valence-electron chi connectivity index (χ3n) is 4.04. The summed E-state index contributed by atoms with van der Waals surface area (Å²) in [6, 6.07) is 11.6. The highest BCUT2D eigenvalue weighted by atomic mass is 19.4. The number of benzene rings is 2. The maximum Gasteiger partial charge on any atom is 0.573 e. The van der Waals surface area contributed by atoms with Gasteiger partial charge in [0.2, 0.25) is 0 Å². The van der Waals surface area contributed by atoms with Crippen molar-refractivity contribution in [2.45, 2.75) is 32.5 Å². The van der Waals surface area contributed by atoms with Crippen LogP contribution in [0, 0.1) is 0 Å². The van der Waals surface area contributed by atoms with Crippen LogP contribution < -0.4 is 10.1 Å². The van der Waals surface area contributed by atoms with Crippen LogP contribution in [0.4, 0.5) is 18.9 Å². The minimum absolute atomic E-state index is 0.00216. The van der Waals surface area contributed by atoms with Gasteiger partial charge in [0.25, 0.3) is 5.91 Å². The molecule has 0 aliphatic heterocycles. The van der Waals surface area contributed by atoms with Gasteiger partial charge in [-0.3, -0.25) is 4.79 Å². The van der Waals surface area contributed by atoms with E-state index in [2.05, 4.69) is 10.1 Å². The Labute approximate surface area is 160 Å². The van der Waals surface area contributed by atoms with Gasteiger partial charge in [-0.15, -0.1) is 13.2 Å². The molecule has 1 atom stereocenters. The molecule has 0 radical (unpaired) electrons. The number of ether oxygens (including phenoxy) is 2. The molecule has 1 N–H and O–H groups in total. The summed E-state index contributed by atoms with van der Waals surface area (Å²) in [6.45, 7) is 3.56. The highest BCUT2D eigenvalue weighted by Gasteiger charge is 2.31. The van der Waals surface area contributed by atoms with Gasteiger partial charge in [-0.05, 0) is 48.2 Å². The number of carbonyl (C=O) groups is 2. The van der Waals surface area contributed by atoms with E-state index in [1.54, 1.807) is 12.1 Å². The topological polar surface area (TPSA) is 64.6 Å². The molecule has 2 aromatic rings. The second-order valence-electron chi connectivity index (χ2n) is 6.09. The van der Waals surface area contributed by atoms with Crippen molar-refractivity contribution in [2.75, 3.05) is 11.9 Å². The van der Waals surface area contributed by atoms with Crippen LogP contribution in [0.1, 0.15) is 42.1 Å². The third kappa shape index (κ3) is 6.29. The Hall–Kier alpha value is -3.03. The molecule has 0 saturated heterocycles. The minimum atomic E-state index is -4.81. The first kappa shape index (κ1) is 21.3. The van der Waals surface area contributed by atoms with Crippen LogP contribution in [0.25, 0.3) is 0 Å². The zero-order valence-electron chi connectivity index (χ0n) is 15.4. The number of para-hydroxylation sites is 1. The Morgan fingerprint density at radius 2 is 1.71 bits per heavy atom. The molecule has 0 aliphatic rings. The Bertz CT molecular complexity index is 819. The lowest BCUT2D eigenvalue weighted by Crippen LogP contribution is -2.22. The standard InChI is InChI=1S/C20H20F3NO4/c1-3-13(2)16-6-4-5-7-17(16)24-18(25)12-27-19(26)14-8-10-15(11-9-14)28-20(21,22)23/h4-11,13H,3,12H2,1-2H3,(H,24,25). The molecule has 0 saturated carbocycles. The van der Waals surface area contributed by atoms with Crippen molar-refractivity contribution in [3.63, 3.8) is 0 Å². The average molecular weight is 395 g/mol. The smallest absolute Gasteiger partial charge is 0.452 e. The van der Waals surface area contributed by atoms with Crippen molar-refractivity contribution in [2.24, 2.45) is 0 Å². The summed E-state index contributed by atoms with van der Waals surface area (Å²) < 4.78 is 45.0. The maximum absolute atomic E-state index is 12.1. The molecule has 0 spiro atoms. The van der Waals surface area contributed by atoms with Crippen molar-refractivity contribution in [3.05, 3.63) is 59.7 Å². The number of nitrogens with one attached hydrogen (secondary N) is 1. The molecule has 0 heterocycles. The van der Waals surface area contributed by atoms with Crippen LogP contribution in [0.5, 0.6) is 5.75 Å².